The van der Waals surface area contributed by atoms with E-state index in [1.807, 2.05) is 36.4 Å². The first-order valence-electron chi connectivity index (χ1n) is 5.34. The third-order valence-electron chi connectivity index (χ3n) is 2.31. The molecule has 0 aliphatic heterocycles. The quantitative estimate of drug-likeness (QED) is 0.593. The van der Waals surface area contributed by atoms with E-state index in [9.17, 15) is 4.79 Å². The number of halogens is 2. The minimum atomic E-state index is -0.264. The molecule has 0 aliphatic carbocycles. The van der Waals surface area contributed by atoms with Crippen molar-refractivity contribution in [3.8, 4) is 5.75 Å². The smallest absolute Gasteiger partial charge is 0.315 e. The average molecular weight is 370 g/mol. The van der Waals surface area contributed by atoms with E-state index >= 15 is 0 Å². The summed E-state index contributed by atoms with van der Waals surface area (Å²) in [5.74, 6) is 0.292. The Balaban J connectivity index is 1.96. The average Bonchev–Trinajstić information content (AvgIpc) is 2.35. The predicted octanol–water partition coefficient (Wildman–Crippen LogP) is 4.36. The lowest BCUT2D eigenvalue weighted by Gasteiger charge is -2.04. The van der Waals surface area contributed by atoms with Crippen LogP contribution in [0.2, 0.25) is 0 Å². The van der Waals surface area contributed by atoms with E-state index in [4.69, 9.17) is 4.74 Å². The van der Waals surface area contributed by atoms with Crippen molar-refractivity contribution in [1.82, 2.24) is 0 Å². The zero-order chi connectivity index (χ0) is 13.0. The van der Waals surface area contributed by atoms with Crippen molar-refractivity contribution < 1.29 is 9.53 Å². The van der Waals surface area contributed by atoms with Crippen LogP contribution in [0.5, 0.6) is 5.75 Å². The second-order valence-electron chi connectivity index (χ2n) is 3.73. The second kappa shape index (κ2) is 6.16. The molecule has 0 N–H and O–H groups in total. The number of hydrogen-bond acceptors (Lipinski definition) is 2. The Morgan fingerprint density at radius 2 is 1.39 bits per heavy atom. The Morgan fingerprint density at radius 3 is 1.94 bits per heavy atom. The zero-order valence-electron chi connectivity index (χ0n) is 9.40. The molecule has 2 nitrogen and oxygen atoms in total. The Bertz CT molecular complexity index is 483. The molecule has 92 valence electrons. The van der Waals surface area contributed by atoms with Gasteiger partial charge in [0.2, 0.25) is 0 Å². The minimum Gasteiger partial charge on any atom is -0.426 e. The summed E-state index contributed by atoms with van der Waals surface area (Å²) in [5, 5.41) is 0. The maximum absolute atomic E-state index is 11.7. The highest BCUT2D eigenvalue weighted by Crippen LogP contribution is 2.17. The number of rotatable bonds is 3. The van der Waals surface area contributed by atoms with E-state index in [0.29, 0.717) is 5.75 Å². The summed E-state index contributed by atoms with van der Waals surface area (Å²) >= 11 is 6.68. The molecule has 0 fully saturated rings. The monoisotopic (exact) mass is 368 g/mol. The molecular weight excluding hydrogens is 360 g/mol. The van der Waals surface area contributed by atoms with Crippen molar-refractivity contribution in [2.75, 3.05) is 0 Å². The Kier molecular flexibility index (Phi) is 4.55. The van der Waals surface area contributed by atoms with Gasteiger partial charge in [-0.1, -0.05) is 44.0 Å². The normalized spacial score (nSPS) is 10.1. The van der Waals surface area contributed by atoms with Crippen LogP contribution in [0.25, 0.3) is 0 Å². The van der Waals surface area contributed by atoms with Gasteiger partial charge in [0.05, 0.1) is 6.42 Å². The second-order valence-corrected chi connectivity index (χ2v) is 5.56. The topological polar surface area (TPSA) is 26.3 Å². The molecule has 0 saturated heterocycles. The number of ether oxygens (including phenoxy) is 1. The van der Waals surface area contributed by atoms with Gasteiger partial charge in [0.25, 0.3) is 0 Å². The van der Waals surface area contributed by atoms with Crippen molar-refractivity contribution in [2.24, 2.45) is 0 Å². The van der Waals surface area contributed by atoms with Crippen LogP contribution >= 0.6 is 31.9 Å². The van der Waals surface area contributed by atoms with Crippen LogP contribution in [0.15, 0.2) is 57.5 Å². The van der Waals surface area contributed by atoms with E-state index in [1.165, 1.54) is 0 Å². The van der Waals surface area contributed by atoms with Crippen molar-refractivity contribution in [1.29, 1.82) is 0 Å². The SMILES string of the molecule is O=C(Cc1ccc(Br)cc1)Oc1ccc(Br)cc1. The fourth-order valence-electron chi connectivity index (χ4n) is 1.44. The lowest BCUT2D eigenvalue weighted by Crippen LogP contribution is -2.11. The van der Waals surface area contributed by atoms with Gasteiger partial charge in [-0.2, -0.15) is 0 Å². The van der Waals surface area contributed by atoms with Crippen molar-refractivity contribution in [3.63, 3.8) is 0 Å². The van der Waals surface area contributed by atoms with Crippen LogP contribution in [0.3, 0.4) is 0 Å². The highest BCUT2D eigenvalue weighted by atomic mass is 79.9. The zero-order valence-corrected chi connectivity index (χ0v) is 12.6. The van der Waals surface area contributed by atoms with Crippen molar-refractivity contribution >= 4 is 37.8 Å². The summed E-state index contributed by atoms with van der Waals surface area (Å²) in [6, 6.07) is 14.8. The molecular formula is C14H10Br2O2. The number of benzene rings is 2. The first-order chi connectivity index (χ1) is 8.63. The fourth-order valence-corrected chi connectivity index (χ4v) is 1.97. The molecule has 2 rings (SSSR count). The third-order valence-corrected chi connectivity index (χ3v) is 3.36. The molecule has 0 radical (unpaired) electrons. The summed E-state index contributed by atoms with van der Waals surface area (Å²) in [4.78, 5) is 11.7. The van der Waals surface area contributed by atoms with Crippen LogP contribution < -0.4 is 4.74 Å². The first-order valence-corrected chi connectivity index (χ1v) is 6.93. The molecule has 4 heteroatoms. The maximum Gasteiger partial charge on any atom is 0.315 e. The van der Waals surface area contributed by atoms with Gasteiger partial charge in [-0.05, 0) is 42.0 Å². The summed E-state index contributed by atoms with van der Waals surface area (Å²) < 4.78 is 7.18. The lowest BCUT2D eigenvalue weighted by molar-refractivity contribution is -0.133. The molecule has 0 bridgehead atoms. The van der Waals surface area contributed by atoms with Crippen LogP contribution in [-0.2, 0) is 11.2 Å². The molecule has 0 aromatic heterocycles. The molecule has 0 amide bonds. The molecule has 0 spiro atoms. The highest BCUT2D eigenvalue weighted by Gasteiger charge is 2.06. The van der Waals surface area contributed by atoms with Gasteiger partial charge in [0.1, 0.15) is 5.75 Å². The molecule has 0 aliphatic rings. The van der Waals surface area contributed by atoms with Crippen LogP contribution in [-0.4, -0.2) is 5.97 Å². The number of carbonyl (C=O) groups is 1. The molecule has 18 heavy (non-hydrogen) atoms. The van der Waals surface area contributed by atoms with Crippen molar-refractivity contribution in [3.05, 3.63) is 63.0 Å². The number of hydrogen-bond donors (Lipinski definition) is 0. The van der Waals surface area contributed by atoms with Gasteiger partial charge in [0.15, 0.2) is 0 Å². The van der Waals surface area contributed by atoms with Gasteiger partial charge in [-0.25, -0.2) is 0 Å². The van der Waals surface area contributed by atoms with Crippen LogP contribution in [0.1, 0.15) is 5.56 Å². The molecule has 0 unspecified atom stereocenters. The fraction of sp³-hybridized carbons (Fsp3) is 0.0714. The first kappa shape index (κ1) is 13.3. The summed E-state index contributed by atoms with van der Waals surface area (Å²) in [7, 11) is 0. The number of carbonyl (C=O) groups excluding carboxylic acids is 1. The van der Waals surface area contributed by atoms with Gasteiger partial charge in [-0.3, -0.25) is 4.79 Å². The van der Waals surface area contributed by atoms with E-state index in [1.54, 1.807) is 12.1 Å². The summed E-state index contributed by atoms with van der Waals surface area (Å²) in [6.07, 6.45) is 0.267. The standard InChI is InChI=1S/C14H10Br2O2/c15-11-3-1-10(2-4-11)9-14(17)18-13-7-5-12(16)6-8-13/h1-8H,9H2. The minimum absolute atomic E-state index is 0.264. The maximum atomic E-state index is 11.7. The molecule has 0 saturated carbocycles. The summed E-state index contributed by atoms with van der Waals surface area (Å²) in [5.41, 5.74) is 0.931. The lowest BCUT2D eigenvalue weighted by atomic mass is 10.1. The van der Waals surface area contributed by atoms with E-state index in [-0.39, 0.29) is 12.4 Å². The van der Waals surface area contributed by atoms with Crippen molar-refractivity contribution in [2.45, 2.75) is 6.42 Å². The molecule has 2 aromatic rings. The summed E-state index contributed by atoms with van der Waals surface area (Å²) in [6.45, 7) is 0. The van der Waals surface area contributed by atoms with Gasteiger partial charge in [-0.15, -0.1) is 0 Å². The predicted molar refractivity (Wildman–Crippen MR) is 77.6 cm³/mol. The molecule has 2 aromatic carbocycles. The van der Waals surface area contributed by atoms with Gasteiger partial charge in [0, 0.05) is 8.95 Å². The Labute approximate surface area is 122 Å². The van der Waals surface area contributed by atoms with Crippen LogP contribution in [0, 0.1) is 0 Å². The van der Waals surface area contributed by atoms with Gasteiger partial charge < -0.3 is 4.74 Å². The number of esters is 1. The Hall–Kier alpha value is -1.13. The Morgan fingerprint density at radius 1 is 0.889 bits per heavy atom. The highest BCUT2D eigenvalue weighted by molar-refractivity contribution is 9.10. The molecule has 0 atom stereocenters. The third kappa shape index (κ3) is 3.96. The molecule has 0 heterocycles. The largest absolute Gasteiger partial charge is 0.426 e. The van der Waals surface area contributed by atoms with E-state index in [0.717, 1.165) is 14.5 Å². The van der Waals surface area contributed by atoms with Crippen LogP contribution in [0.4, 0.5) is 0 Å². The van der Waals surface area contributed by atoms with E-state index < -0.39 is 0 Å². The van der Waals surface area contributed by atoms with E-state index in [2.05, 4.69) is 31.9 Å². The van der Waals surface area contributed by atoms with Gasteiger partial charge >= 0.3 is 5.97 Å².